The number of benzene rings is 2. The van der Waals surface area contributed by atoms with Crippen LogP contribution in [0.25, 0.3) is 11.1 Å². The molecule has 0 aromatic heterocycles. The molecule has 2 rings (SSSR count). The Labute approximate surface area is 116 Å². The molecular formula is C15H14ClF2N. The number of rotatable bonds is 4. The molecule has 1 N–H and O–H groups in total. The van der Waals surface area contributed by atoms with Gasteiger partial charge in [0.2, 0.25) is 0 Å². The summed E-state index contributed by atoms with van der Waals surface area (Å²) in [5.74, 6) is -1.17. The van der Waals surface area contributed by atoms with Gasteiger partial charge in [-0.3, -0.25) is 0 Å². The molecular weight excluding hydrogens is 268 g/mol. The lowest BCUT2D eigenvalue weighted by molar-refractivity contribution is 0.584. The summed E-state index contributed by atoms with van der Waals surface area (Å²) in [4.78, 5) is 0. The third-order valence-corrected chi connectivity index (χ3v) is 3.18. The highest BCUT2D eigenvalue weighted by Gasteiger charge is 2.06. The maximum Gasteiger partial charge on any atom is 0.126 e. The van der Waals surface area contributed by atoms with Gasteiger partial charge >= 0.3 is 0 Å². The van der Waals surface area contributed by atoms with Crippen LogP contribution in [0, 0.1) is 11.6 Å². The maximum absolute atomic E-state index is 13.2. The third-order valence-electron chi connectivity index (χ3n) is 2.81. The Morgan fingerprint density at radius 2 is 1.68 bits per heavy atom. The van der Waals surface area contributed by atoms with E-state index in [0.29, 0.717) is 17.1 Å². The number of halogens is 3. The second kappa shape index (κ2) is 6.13. The molecule has 0 saturated heterocycles. The first-order valence-corrected chi connectivity index (χ1v) is 6.43. The van der Waals surface area contributed by atoms with E-state index in [9.17, 15) is 8.78 Å². The summed E-state index contributed by atoms with van der Waals surface area (Å²) in [5.41, 5.74) is 2.16. The van der Waals surface area contributed by atoms with Crippen molar-refractivity contribution >= 4 is 11.6 Å². The zero-order valence-corrected chi connectivity index (χ0v) is 11.3. The van der Waals surface area contributed by atoms with Crippen molar-refractivity contribution in [3.63, 3.8) is 0 Å². The molecule has 0 atom stereocenters. The molecule has 1 nitrogen and oxygen atoms in total. The van der Waals surface area contributed by atoms with Gasteiger partial charge in [0, 0.05) is 17.6 Å². The second-order valence-corrected chi connectivity index (χ2v) is 4.65. The molecule has 0 heterocycles. The molecule has 0 aliphatic rings. The Hall–Kier alpha value is -1.45. The van der Waals surface area contributed by atoms with Crippen LogP contribution in [-0.2, 0) is 6.54 Å². The van der Waals surface area contributed by atoms with Crippen LogP contribution in [0.15, 0.2) is 36.4 Å². The maximum atomic E-state index is 13.2. The monoisotopic (exact) mass is 281 g/mol. The van der Waals surface area contributed by atoms with Gasteiger partial charge in [-0.25, -0.2) is 8.78 Å². The zero-order valence-electron chi connectivity index (χ0n) is 10.5. The van der Waals surface area contributed by atoms with Gasteiger partial charge in [0.05, 0.1) is 0 Å². The predicted molar refractivity (Wildman–Crippen MR) is 74.2 cm³/mol. The van der Waals surface area contributed by atoms with Gasteiger partial charge in [-0.05, 0) is 47.5 Å². The van der Waals surface area contributed by atoms with Crippen molar-refractivity contribution in [3.05, 3.63) is 58.6 Å². The van der Waals surface area contributed by atoms with Crippen molar-refractivity contribution in [2.45, 2.75) is 13.5 Å². The molecule has 19 heavy (non-hydrogen) atoms. The Morgan fingerprint density at radius 3 is 2.32 bits per heavy atom. The Kier molecular flexibility index (Phi) is 4.51. The third kappa shape index (κ3) is 3.52. The fourth-order valence-corrected chi connectivity index (χ4v) is 2.05. The molecule has 0 unspecified atom stereocenters. The summed E-state index contributed by atoms with van der Waals surface area (Å²) in [7, 11) is 0. The van der Waals surface area contributed by atoms with Gasteiger partial charge in [0.15, 0.2) is 0 Å². The van der Waals surface area contributed by atoms with Gasteiger partial charge < -0.3 is 5.32 Å². The lowest BCUT2D eigenvalue weighted by Gasteiger charge is -2.09. The van der Waals surface area contributed by atoms with Crippen molar-refractivity contribution < 1.29 is 8.78 Å². The van der Waals surface area contributed by atoms with Crippen LogP contribution in [0.5, 0.6) is 0 Å². The minimum atomic E-state index is -0.585. The molecule has 0 aliphatic heterocycles. The first-order chi connectivity index (χ1) is 9.10. The summed E-state index contributed by atoms with van der Waals surface area (Å²) >= 11 is 6.09. The highest BCUT2D eigenvalue weighted by atomic mass is 35.5. The topological polar surface area (TPSA) is 12.0 Å². The predicted octanol–water partition coefficient (Wildman–Crippen LogP) is 4.39. The molecule has 0 fully saturated rings. The van der Waals surface area contributed by atoms with Crippen LogP contribution in [0.2, 0.25) is 5.02 Å². The van der Waals surface area contributed by atoms with Crippen LogP contribution in [0.3, 0.4) is 0 Å². The average molecular weight is 282 g/mol. The summed E-state index contributed by atoms with van der Waals surface area (Å²) in [6.45, 7) is 3.45. The standard InChI is InChI=1S/C15H14ClF2N/c1-2-19-9-12-5-10(3-4-15(12)16)11-6-13(17)8-14(18)7-11/h3-8,19H,2,9H2,1H3. The van der Waals surface area contributed by atoms with E-state index in [2.05, 4.69) is 5.32 Å². The van der Waals surface area contributed by atoms with Crippen LogP contribution < -0.4 is 5.32 Å². The van der Waals surface area contributed by atoms with Crippen molar-refractivity contribution in [1.82, 2.24) is 5.32 Å². The Balaban J connectivity index is 2.39. The minimum Gasteiger partial charge on any atom is -0.313 e. The smallest absolute Gasteiger partial charge is 0.126 e. The first kappa shape index (κ1) is 14.0. The molecule has 100 valence electrons. The summed E-state index contributed by atoms with van der Waals surface area (Å²) in [6, 6.07) is 8.82. The lowest BCUT2D eigenvalue weighted by Crippen LogP contribution is -2.12. The van der Waals surface area contributed by atoms with E-state index in [1.807, 2.05) is 13.0 Å². The zero-order chi connectivity index (χ0) is 13.8. The summed E-state index contributed by atoms with van der Waals surface area (Å²) in [5, 5.41) is 3.81. The minimum absolute atomic E-state index is 0.506. The van der Waals surface area contributed by atoms with Gasteiger partial charge in [-0.1, -0.05) is 24.6 Å². The van der Waals surface area contributed by atoms with Crippen LogP contribution in [0.1, 0.15) is 12.5 Å². The summed E-state index contributed by atoms with van der Waals surface area (Å²) in [6.07, 6.45) is 0. The van der Waals surface area contributed by atoms with Crippen molar-refractivity contribution in [3.8, 4) is 11.1 Å². The molecule has 0 saturated carbocycles. The average Bonchev–Trinajstić information content (AvgIpc) is 2.36. The van der Waals surface area contributed by atoms with E-state index in [0.717, 1.165) is 23.7 Å². The van der Waals surface area contributed by atoms with E-state index in [1.165, 1.54) is 12.1 Å². The van der Waals surface area contributed by atoms with Gasteiger partial charge in [-0.15, -0.1) is 0 Å². The quantitative estimate of drug-likeness (QED) is 0.876. The highest BCUT2D eigenvalue weighted by molar-refractivity contribution is 6.31. The Morgan fingerprint density at radius 1 is 1.00 bits per heavy atom. The normalized spacial score (nSPS) is 10.7. The Bertz CT molecular complexity index is 564. The molecule has 0 amide bonds. The van der Waals surface area contributed by atoms with Crippen LogP contribution >= 0.6 is 11.6 Å². The number of nitrogens with one attached hydrogen (secondary N) is 1. The molecule has 0 aliphatic carbocycles. The van der Waals surface area contributed by atoms with E-state index in [-0.39, 0.29) is 0 Å². The SMILES string of the molecule is CCNCc1cc(-c2cc(F)cc(F)c2)ccc1Cl. The summed E-state index contributed by atoms with van der Waals surface area (Å²) < 4.78 is 26.4. The van der Waals surface area contributed by atoms with E-state index >= 15 is 0 Å². The van der Waals surface area contributed by atoms with Crippen molar-refractivity contribution in [2.24, 2.45) is 0 Å². The van der Waals surface area contributed by atoms with Crippen LogP contribution in [0.4, 0.5) is 8.78 Å². The lowest BCUT2D eigenvalue weighted by atomic mass is 10.0. The second-order valence-electron chi connectivity index (χ2n) is 4.24. The number of hydrogen-bond acceptors (Lipinski definition) is 1. The van der Waals surface area contributed by atoms with E-state index in [1.54, 1.807) is 12.1 Å². The molecule has 0 bridgehead atoms. The molecule has 4 heteroatoms. The van der Waals surface area contributed by atoms with Crippen LogP contribution in [-0.4, -0.2) is 6.54 Å². The van der Waals surface area contributed by atoms with Gasteiger partial charge in [0.25, 0.3) is 0 Å². The molecule has 0 spiro atoms. The first-order valence-electron chi connectivity index (χ1n) is 6.05. The molecule has 2 aromatic carbocycles. The highest BCUT2D eigenvalue weighted by Crippen LogP contribution is 2.26. The van der Waals surface area contributed by atoms with E-state index < -0.39 is 11.6 Å². The van der Waals surface area contributed by atoms with Crippen molar-refractivity contribution in [1.29, 1.82) is 0 Å². The molecule has 2 aromatic rings. The fraction of sp³-hybridized carbons (Fsp3) is 0.200. The largest absolute Gasteiger partial charge is 0.313 e. The van der Waals surface area contributed by atoms with Crippen molar-refractivity contribution in [2.75, 3.05) is 6.54 Å². The van der Waals surface area contributed by atoms with Gasteiger partial charge in [0.1, 0.15) is 11.6 Å². The van der Waals surface area contributed by atoms with E-state index in [4.69, 9.17) is 11.6 Å². The molecule has 0 radical (unpaired) electrons. The van der Waals surface area contributed by atoms with Gasteiger partial charge in [-0.2, -0.15) is 0 Å². The number of hydrogen-bond donors (Lipinski definition) is 1. The fourth-order valence-electron chi connectivity index (χ4n) is 1.87.